The summed E-state index contributed by atoms with van der Waals surface area (Å²) in [5.74, 6) is 0.676. The van der Waals surface area contributed by atoms with E-state index >= 15 is 0 Å². The van der Waals surface area contributed by atoms with Crippen molar-refractivity contribution in [1.29, 1.82) is 0 Å². The summed E-state index contributed by atoms with van der Waals surface area (Å²) >= 11 is 0. The highest BCUT2D eigenvalue weighted by Crippen LogP contribution is 2.34. The lowest BCUT2D eigenvalue weighted by Crippen LogP contribution is -2.43. The summed E-state index contributed by atoms with van der Waals surface area (Å²) < 4.78 is 5.05. The molecule has 7 nitrogen and oxygen atoms in total. The lowest BCUT2D eigenvalue weighted by molar-refractivity contribution is -0.118. The number of carbonyl (C=O) groups is 2. The maximum absolute atomic E-state index is 12.9. The highest BCUT2D eigenvalue weighted by molar-refractivity contribution is 6.01. The van der Waals surface area contributed by atoms with Crippen LogP contribution >= 0.6 is 0 Å². The molecule has 32 heavy (non-hydrogen) atoms. The predicted molar refractivity (Wildman–Crippen MR) is 125 cm³/mol. The second kappa shape index (κ2) is 10.4. The van der Waals surface area contributed by atoms with Gasteiger partial charge in [-0.2, -0.15) is 0 Å². The second-order valence-corrected chi connectivity index (χ2v) is 8.39. The molecule has 1 aromatic carbocycles. The van der Waals surface area contributed by atoms with E-state index in [0.29, 0.717) is 29.5 Å². The Morgan fingerprint density at radius 2 is 2.00 bits per heavy atom. The van der Waals surface area contributed by atoms with Gasteiger partial charge in [0, 0.05) is 18.2 Å². The quantitative estimate of drug-likeness (QED) is 0.563. The van der Waals surface area contributed by atoms with E-state index in [9.17, 15) is 9.59 Å². The van der Waals surface area contributed by atoms with Crippen LogP contribution in [0, 0.1) is 5.92 Å². The van der Waals surface area contributed by atoms with Crippen LogP contribution in [0.25, 0.3) is 5.57 Å². The average molecular weight is 435 g/mol. The number of anilines is 1. The molecule has 0 radical (unpaired) electrons. The Hall–Kier alpha value is -3.19. The minimum absolute atomic E-state index is 0.234. The molecule has 1 aromatic heterocycles. The molecule has 2 amide bonds. The molecular weight excluding hydrogens is 404 g/mol. The summed E-state index contributed by atoms with van der Waals surface area (Å²) in [6, 6.07) is 10.4. The van der Waals surface area contributed by atoms with Gasteiger partial charge in [0.1, 0.15) is 6.04 Å². The van der Waals surface area contributed by atoms with Crippen LogP contribution in [-0.4, -0.2) is 43.0 Å². The first-order valence-electron chi connectivity index (χ1n) is 11.2. The van der Waals surface area contributed by atoms with Gasteiger partial charge in [-0.1, -0.05) is 31.1 Å². The van der Waals surface area contributed by atoms with Crippen molar-refractivity contribution in [1.82, 2.24) is 15.6 Å². The lowest BCUT2D eigenvalue weighted by atomic mass is 9.99. The number of hydrogen-bond acceptors (Lipinski definition) is 5. The van der Waals surface area contributed by atoms with Gasteiger partial charge >= 0.3 is 0 Å². The van der Waals surface area contributed by atoms with E-state index in [4.69, 9.17) is 4.74 Å². The zero-order chi connectivity index (χ0) is 22.3. The molecule has 1 aliphatic heterocycles. The van der Waals surface area contributed by atoms with Crippen molar-refractivity contribution in [3.63, 3.8) is 0 Å². The molecular formula is C25H30N4O3. The van der Waals surface area contributed by atoms with Gasteiger partial charge in [0.25, 0.3) is 5.91 Å². The van der Waals surface area contributed by atoms with Gasteiger partial charge in [-0.15, -0.1) is 0 Å². The van der Waals surface area contributed by atoms with Crippen LogP contribution in [0.3, 0.4) is 0 Å². The summed E-state index contributed by atoms with van der Waals surface area (Å²) in [6.45, 7) is 1.84. The molecule has 0 spiro atoms. The first-order chi connectivity index (χ1) is 15.6. The van der Waals surface area contributed by atoms with E-state index in [1.54, 1.807) is 25.4 Å². The number of nitrogens with zero attached hydrogens (tertiary/aromatic N) is 1. The molecule has 0 saturated heterocycles. The van der Waals surface area contributed by atoms with Gasteiger partial charge in [-0.3, -0.25) is 9.59 Å². The van der Waals surface area contributed by atoms with E-state index < -0.39 is 6.04 Å². The molecule has 2 aliphatic rings. The van der Waals surface area contributed by atoms with Crippen LogP contribution in [0.1, 0.15) is 48.0 Å². The monoisotopic (exact) mass is 434 g/mol. The molecule has 3 N–H and O–H groups in total. The maximum atomic E-state index is 12.9. The number of ether oxygens (including phenoxy) is 1. The van der Waals surface area contributed by atoms with E-state index in [1.165, 1.54) is 18.4 Å². The van der Waals surface area contributed by atoms with Crippen LogP contribution in [0.15, 0.2) is 48.7 Å². The number of amides is 2. The molecule has 168 valence electrons. The van der Waals surface area contributed by atoms with Gasteiger partial charge in [-0.05, 0) is 61.1 Å². The third kappa shape index (κ3) is 5.95. The minimum Gasteiger partial charge on any atom is -0.481 e. The number of methoxy groups -OCH3 is 1. The Bertz CT molecular complexity index is 966. The molecule has 1 saturated carbocycles. The molecule has 7 heteroatoms. The Labute approximate surface area is 188 Å². The number of benzene rings is 1. The number of hydrogen-bond donors (Lipinski definition) is 3. The van der Waals surface area contributed by atoms with Crippen molar-refractivity contribution in [2.75, 3.05) is 25.5 Å². The number of carbonyl (C=O) groups excluding carboxylic acids is 2. The zero-order valence-corrected chi connectivity index (χ0v) is 18.4. The molecule has 2 heterocycles. The summed E-state index contributed by atoms with van der Waals surface area (Å²) in [4.78, 5) is 29.9. The summed E-state index contributed by atoms with van der Waals surface area (Å²) in [5, 5.41) is 9.10. The predicted octanol–water partition coefficient (Wildman–Crippen LogP) is 3.39. The third-order valence-electron chi connectivity index (χ3n) is 5.98. The van der Waals surface area contributed by atoms with Crippen LogP contribution in [0.5, 0.6) is 5.88 Å². The Balaban J connectivity index is 1.40. The van der Waals surface area contributed by atoms with E-state index in [2.05, 4.69) is 27.0 Å². The van der Waals surface area contributed by atoms with Gasteiger partial charge in [0.15, 0.2) is 0 Å². The number of aromatic nitrogens is 1. The van der Waals surface area contributed by atoms with Crippen molar-refractivity contribution in [2.24, 2.45) is 5.92 Å². The molecule has 4 rings (SSSR count). The van der Waals surface area contributed by atoms with Crippen molar-refractivity contribution in [3.05, 3.63) is 59.8 Å². The second-order valence-electron chi connectivity index (χ2n) is 8.39. The van der Waals surface area contributed by atoms with Crippen molar-refractivity contribution in [2.45, 2.75) is 38.1 Å². The first-order valence-corrected chi connectivity index (χ1v) is 11.2. The molecule has 2 aromatic rings. The first kappa shape index (κ1) is 22.0. The summed E-state index contributed by atoms with van der Waals surface area (Å²) in [7, 11) is 1.54. The van der Waals surface area contributed by atoms with Crippen LogP contribution in [0.4, 0.5) is 5.69 Å². The van der Waals surface area contributed by atoms with Gasteiger partial charge in [-0.25, -0.2) is 4.98 Å². The third-order valence-corrected chi connectivity index (χ3v) is 5.98. The number of nitrogens with one attached hydrogen (secondary N) is 3. The van der Waals surface area contributed by atoms with Crippen molar-refractivity contribution in [3.8, 4) is 5.88 Å². The smallest absolute Gasteiger partial charge is 0.251 e. The number of pyridine rings is 1. The van der Waals surface area contributed by atoms with Gasteiger partial charge in [0.2, 0.25) is 11.8 Å². The Kier molecular flexibility index (Phi) is 7.17. The standard InChI is InChI=1S/C25H30N4O3/c1-32-23-11-9-21(16-27-23)28-25(31)22(10-4-17-2-3-17)29-24(30)20-7-5-18(6-8-20)19-12-14-26-15-13-19/h5-9,11-12,16-17,22,26H,2-4,10,13-15H2,1H3,(H,28,31)(H,29,30). The van der Waals surface area contributed by atoms with E-state index in [-0.39, 0.29) is 11.8 Å². The maximum Gasteiger partial charge on any atom is 0.251 e. The largest absolute Gasteiger partial charge is 0.481 e. The molecule has 0 bridgehead atoms. The van der Waals surface area contributed by atoms with Gasteiger partial charge < -0.3 is 20.7 Å². The van der Waals surface area contributed by atoms with E-state index in [1.807, 2.05) is 24.3 Å². The fourth-order valence-corrected chi connectivity index (χ4v) is 3.84. The fourth-order valence-electron chi connectivity index (χ4n) is 3.84. The average Bonchev–Trinajstić information content (AvgIpc) is 3.67. The molecule has 1 unspecified atom stereocenters. The normalized spacial score (nSPS) is 16.6. The topological polar surface area (TPSA) is 92.4 Å². The summed E-state index contributed by atoms with van der Waals surface area (Å²) in [5.41, 5.74) is 3.56. The Morgan fingerprint density at radius 3 is 2.62 bits per heavy atom. The molecule has 1 atom stereocenters. The highest BCUT2D eigenvalue weighted by Gasteiger charge is 2.27. The Morgan fingerprint density at radius 1 is 1.19 bits per heavy atom. The molecule has 1 aliphatic carbocycles. The van der Waals surface area contributed by atoms with Crippen molar-refractivity contribution < 1.29 is 14.3 Å². The van der Waals surface area contributed by atoms with Gasteiger partial charge in [0.05, 0.1) is 19.0 Å². The van der Waals surface area contributed by atoms with E-state index in [0.717, 1.165) is 31.5 Å². The SMILES string of the molecule is COc1ccc(NC(=O)C(CCC2CC2)NC(=O)c2ccc(C3=CCNCC3)cc2)cn1. The van der Waals surface area contributed by atoms with Crippen LogP contribution < -0.4 is 20.7 Å². The zero-order valence-electron chi connectivity index (χ0n) is 18.4. The van der Waals surface area contributed by atoms with Crippen LogP contribution in [-0.2, 0) is 4.79 Å². The summed E-state index contributed by atoms with van der Waals surface area (Å²) in [6.07, 6.45) is 8.67. The highest BCUT2D eigenvalue weighted by atomic mass is 16.5. The molecule has 1 fully saturated rings. The van der Waals surface area contributed by atoms with Crippen molar-refractivity contribution >= 4 is 23.1 Å². The fraction of sp³-hybridized carbons (Fsp3) is 0.400. The minimum atomic E-state index is -0.600. The number of rotatable bonds is 9. The van der Waals surface area contributed by atoms with Crippen LogP contribution in [0.2, 0.25) is 0 Å². The lowest BCUT2D eigenvalue weighted by Gasteiger charge is -2.19.